The van der Waals surface area contributed by atoms with Crippen LogP contribution >= 0.6 is 0 Å². The largest absolute Gasteiger partial charge is 0.478 e. The van der Waals surface area contributed by atoms with Crippen LogP contribution in [0.15, 0.2) is 34.9 Å². The first-order chi connectivity index (χ1) is 9.99. The summed E-state index contributed by atoms with van der Waals surface area (Å²) in [5, 5.41) is 15.5. The lowest BCUT2D eigenvalue weighted by molar-refractivity contribution is 0.0697. The molecule has 0 spiro atoms. The van der Waals surface area contributed by atoms with Crippen molar-refractivity contribution in [3.05, 3.63) is 47.3 Å². The molecule has 0 aliphatic heterocycles. The summed E-state index contributed by atoms with van der Waals surface area (Å²) in [6.07, 6.45) is 0. The lowest BCUT2D eigenvalue weighted by Gasteiger charge is -2.19. The van der Waals surface area contributed by atoms with Crippen LogP contribution < -0.4 is 10.2 Å². The third-order valence-corrected chi connectivity index (χ3v) is 2.89. The zero-order valence-electron chi connectivity index (χ0n) is 11.7. The number of nitrogens with one attached hydrogen (secondary N) is 1. The average molecular weight is 289 g/mol. The van der Waals surface area contributed by atoms with Gasteiger partial charge < -0.3 is 14.9 Å². The van der Waals surface area contributed by atoms with Gasteiger partial charge in [-0.3, -0.25) is 4.90 Å². The number of hydrogen-bond donors (Lipinski definition) is 2. The Bertz CT molecular complexity index is 666. The molecule has 0 atom stereocenters. The minimum atomic E-state index is -1.09. The number of amides is 2. The van der Waals surface area contributed by atoms with Crippen molar-refractivity contribution < 1.29 is 19.2 Å². The lowest BCUT2D eigenvalue weighted by Crippen LogP contribution is -2.37. The lowest BCUT2D eigenvalue weighted by atomic mass is 10.1. The quantitative estimate of drug-likeness (QED) is 0.897. The Morgan fingerprint density at radius 2 is 2.10 bits per heavy atom. The third kappa shape index (κ3) is 3.38. The first-order valence-electron chi connectivity index (χ1n) is 6.25. The van der Waals surface area contributed by atoms with Crippen LogP contribution in [-0.2, 0) is 6.54 Å². The topological polar surface area (TPSA) is 95.7 Å². The molecule has 1 aromatic carbocycles. The van der Waals surface area contributed by atoms with E-state index in [9.17, 15) is 9.59 Å². The molecule has 2 N–H and O–H groups in total. The van der Waals surface area contributed by atoms with Gasteiger partial charge in [0.15, 0.2) is 5.76 Å². The highest BCUT2D eigenvalue weighted by Gasteiger charge is 2.17. The summed E-state index contributed by atoms with van der Waals surface area (Å²) in [4.78, 5) is 24.5. The number of hydrogen-bond acceptors (Lipinski definition) is 4. The second-order valence-electron chi connectivity index (χ2n) is 4.47. The second kappa shape index (κ2) is 6.08. The zero-order valence-corrected chi connectivity index (χ0v) is 11.7. The molecule has 2 aromatic rings. The Morgan fingerprint density at radius 3 is 2.71 bits per heavy atom. The number of aromatic carboxylic acids is 1. The van der Waals surface area contributed by atoms with Crippen molar-refractivity contribution in [2.45, 2.75) is 13.5 Å². The molecule has 7 nitrogen and oxygen atoms in total. The average Bonchev–Trinajstić information content (AvgIpc) is 2.89. The summed E-state index contributed by atoms with van der Waals surface area (Å²) in [6.45, 7) is 1.96. The van der Waals surface area contributed by atoms with Gasteiger partial charge in [-0.1, -0.05) is 17.3 Å². The van der Waals surface area contributed by atoms with Gasteiger partial charge in [0.05, 0.1) is 23.5 Å². The highest BCUT2D eigenvalue weighted by molar-refractivity contribution is 6.01. The van der Waals surface area contributed by atoms with Gasteiger partial charge in [-0.2, -0.15) is 0 Å². The van der Waals surface area contributed by atoms with Crippen LogP contribution in [0.3, 0.4) is 0 Å². The number of carbonyl (C=O) groups is 2. The maximum absolute atomic E-state index is 12.1. The van der Waals surface area contributed by atoms with E-state index in [2.05, 4.69) is 10.5 Å². The molecule has 0 unspecified atom stereocenters. The Hall–Kier alpha value is -2.83. The molecule has 110 valence electrons. The van der Waals surface area contributed by atoms with Gasteiger partial charge in [-0.15, -0.1) is 0 Å². The molecule has 7 heteroatoms. The molecule has 0 saturated heterocycles. The molecule has 1 aromatic heterocycles. The molecular weight excluding hydrogens is 274 g/mol. The van der Waals surface area contributed by atoms with Crippen molar-refractivity contribution >= 4 is 17.7 Å². The van der Waals surface area contributed by atoms with Crippen molar-refractivity contribution in [2.75, 3.05) is 11.9 Å². The number of carboxylic acids is 1. The van der Waals surface area contributed by atoms with Crippen molar-refractivity contribution in [1.29, 1.82) is 0 Å². The SMILES string of the molecule is Cc1cc(CNC(=O)N(C)c2ccccc2C(=O)O)on1. The van der Waals surface area contributed by atoms with E-state index in [-0.39, 0.29) is 12.1 Å². The maximum atomic E-state index is 12.1. The van der Waals surface area contributed by atoms with Gasteiger partial charge in [0, 0.05) is 13.1 Å². The van der Waals surface area contributed by atoms with Gasteiger partial charge in [0.25, 0.3) is 0 Å². The zero-order chi connectivity index (χ0) is 15.4. The summed E-state index contributed by atoms with van der Waals surface area (Å²) in [6, 6.07) is 7.58. The van der Waals surface area contributed by atoms with Crippen molar-refractivity contribution in [2.24, 2.45) is 0 Å². The number of rotatable bonds is 4. The monoisotopic (exact) mass is 289 g/mol. The second-order valence-corrected chi connectivity index (χ2v) is 4.47. The Morgan fingerprint density at radius 1 is 1.38 bits per heavy atom. The fourth-order valence-electron chi connectivity index (χ4n) is 1.84. The van der Waals surface area contributed by atoms with E-state index < -0.39 is 12.0 Å². The fraction of sp³-hybridized carbons (Fsp3) is 0.214. The van der Waals surface area contributed by atoms with Crippen LogP contribution in [0.1, 0.15) is 21.8 Å². The van der Waals surface area contributed by atoms with E-state index in [1.54, 1.807) is 31.2 Å². The number of carbonyl (C=O) groups excluding carboxylic acids is 1. The van der Waals surface area contributed by atoms with Crippen LogP contribution in [0, 0.1) is 6.92 Å². The number of nitrogens with zero attached hydrogens (tertiary/aromatic N) is 2. The molecule has 0 aliphatic carbocycles. The Balaban J connectivity index is 2.07. The van der Waals surface area contributed by atoms with Crippen LogP contribution in [0.4, 0.5) is 10.5 Å². The van der Waals surface area contributed by atoms with Crippen molar-refractivity contribution in [3.63, 3.8) is 0 Å². The van der Waals surface area contributed by atoms with Crippen LogP contribution in [0.2, 0.25) is 0 Å². The van der Waals surface area contributed by atoms with E-state index in [1.165, 1.54) is 18.0 Å². The molecule has 0 aliphatic rings. The van der Waals surface area contributed by atoms with Gasteiger partial charge in [-0.05, 0) is 19.1 Å². The molecule has 2 rings (SSSR count). The highest BCUT2D eigenvalue weighted by Crippen LogP contribution is 2.19. The van der Waals surface area contributed by atoms with Crippen LogP contribution in [-0.4, -0.2) is 29.3 Å². The van der Waals surface area contributed by atoms with Gasteiger partial charge in [-0.25, -0.2) is 9.59 Å². The molecule has 0 radical (unpaired) electrons. The van der Waals surface area contributed by atoms with Gasteiger partial charge in [0.2, 0.25) is 0 Å². The first kappa shape index (κ1) is 14.6. The first-order valence-corrected chi connectivity index (χ1v) is 6.25. The molecule has 0 fully saturated rings. The predicted molar refractivity (Wildman–Crippen MR) is 75.3 cm³/mol. The third-order valence-electron chi connectivity index (χ3n) is 2.89. The molecule has 0 saturated carbocycles. The summed E-state index contributed by atoms with van der Waals surface area (Å²) in [5.74, 6) is -0.558. The molecule has 2 amide bonds. The molecule has 1 heterocycles. The summed E-state index contributed by atoms with van der Waals surface area (Å²) < 4.78 is 4.98. The maximum Gasteiger partial charge on any atom is 0.337 e. The number of benzene rings is 1. The number of urea groups is 1. The summed E-state index contributed by atoms with van der Waals surface area (Å²) >= 11 is 0. The van der Waals surface area contributed by atoms with Crippen molar-refractivity contribution in [1.82, 2.24) is 10.5 Å². The van der Waals surface area contributed by atoms with E-state index in [0.29, 0.717) is 11.4 Å². The number of anilines is 1. The number of para-hydroxylation sites is 1. The van der Waals surface area contributed by atoms with E-state index in [4.69, 9.17) is 9.63 Å². The molecule has 21 heavy (non-hydrogen) atoms. The standard InChI is InChI=1S/C14H15N3O4/c1-9-7-10(21-16-9)8-15-14(20)17(2)12-6-4-3-5-11(12)13(18)19/h3-7H,8H2,1-2H3,(H,15,20)(H,18,19). The minimum absolute atomic E-state index is 0.0608. The molecular formula is C14H15N3O4. The Labute approximate surface area is 121 Å². The number of carboxylic acid groups (broad SMARTS) is 1. The van der Waals surface area contributed by atoms with Crippen molar-refractivity contribution in [3.8, 4) is 0 Å². The summed E-state index contributed by atoms with van der Waals surface area (Å²) in [7, 11) is 1.50. The van der Waals surface area contributed by atoms with Gasteiger partial charge >= 0.3 is 12.0 Å². The van der Waals surface area contributed by atoms with E-state index >= 15 is 0 Å². The smallest absolute Gasteiger partial charge is 0.337 e. The normalized spacial score (nSPS) is 10.2. The van der Waals surface area contributed by atoms with Crippen LogP contribution in [0.25, 0.3) is 0 Å². The summed E-state index contributed by atoms with van der Waals surface area (Å²) in [5.41, 5.74) is 1.10. The highest BCUT2D eigenvalue weighted by atomic mass is 16.5. The molecule has 0 bridgehead atoms. The van der Waals surface area contributed by atoms with Gasteiger partial charge in [0.1, 0.15) is 0 Å². The minimum Gasteiger partial charge on any atom is -0.478 e. The fourth-order valence-corrected chi connectivity index (χ4v) is 1.84. The Kier molecular flexibility index (Phi) is 4.22. The number of aromatic nitrogens is 1. The van der Waals surface area contributed by atoms with E-state index in [0.717, 1.165) is 5.69 Å². The number of aryl methyl sites for hydroxylation is 1. The predicted octanol–water partition coefficient (Wildman–Crippen LogP) is 2.03. The van der Waals surface area contributed by atoms with E-state index in [1.807, 2.05) is 0 Å². The van der Waals surface area contributed by atoms with Crippen LogP contribution in [0.5, 0.6) is 0 Å².